The molecule has 3 N–H and O–H groups in total. The summed E-state index contributed by atoms with van der Waals surface area (Å²) in [5, 5.41) is 6.74. The number of nitrogens with two attached hydrogens (primary N) is 1. The van der Waals surface area contributed by atoms with Gasteiger partial charge >= 0.3 is 0 Å². The van der Waals surface area contributed by atoms with Crippen LogP contribution in [0, 0.1) is 6.92 Å². The topological polar surface area (TPSA) is 89.9 Å². The van der Waals surface area contributed by atoms with Gasteiger partial charge in [0.05, 0.1) is 12.2 Å². The third kappa shape index (κ3) is 2.22. The van der Waals surface area contributed by atoms with E-state index in [9.17, 15) is 0 Å². The normalized spacial score (nSPS) is 10.2. The van der Waals surface area contributed by atoms with Crippen LogP contribution < -0.4 is 11.1 Å². The fourth-order valence-corrected chi connectivity index (χ4v) is 1.15. The Morgan fingerprint density at radius 3 is 3.07 bits per heavy atom. The van der Waals surface area contributed by atoms with E-state index in [0.29, 0.717) is 24.1 Å². The lowest BCUT2D eigenvalue weighted by atomic mass is 10.4. The SMILES string of the molecule is Cc1noc(CNc2cccnc2N)n1. The fraction of sp³-hybridized carbons (Fsp3) is 0.222. The molecule has 6 nitrogen and oxygen atoms in total. The molecule has 0 aromatic carbocycles. The average molecular weight is 205 g/mol. The summed E-state index contributed by atoms with van der Waals surface area (Å²) >= 11 is 0. The number of nitrogen functional groups attached to an aromatic ring is 1. The summed E-state index contributed by atoms with van der Waals surface area (Å²) in [5.41, 5.74) is 6.41. The molecule has 0 bridgehead atoms. The van der Waals surface area contributed by atoms with Crippen LogP contribution in [0.2, 0.25) is 0 Å². The predicted molar refractivity (Wildman–Crippen MR) is 55.0 cm³/mol. The van der Waals surface area contributed by atoms with Gasteiger partial charge in [0.1, 0.15) is 5.82 Å². The van der Waals surface area contributed by atoms with Crippen LogP contribution in [-0.2, 0) is 6.54 Å². The van der Waals surface area contributed by atoms with Gasteiger partial charge in [-0.25, -0.2) is 4.98 Å². The van der Waals surface area contributed by atoms with E-state index >= 15 is 0 Å². The highest BCUT2D eigenvalue weighted by molar-refractivity contribution is 5.60. The van der Waals surface area contributed by atoms with Gasteiger partial charge in [0.2, 0.25) is 5.89 Å². The number of aryl methyl sites for hydroxylation is 1. The van der Waals surface area contributed by atoms with Crippen LogP contribution in [0.15, 0.2) is 22.9 Å². The molecule has 78 valence electrons. The molecular weight excluding hydrogens is 194 g/mol. The standard InChI is InChI=1S/C9H11N5O/c1-6-13-8(15-14-6)5-12-7-3-2-4-11-9(7)10/h2-4,12H,5H2,1H3,(H2,10,11). The Morgan fingerprint density at radius 1 is 1.53 bits per heavy atom. The van der Waals surface area contributed by atoms with E-state index in [2.05, 4.69) is 20.4 Å². The fourth-order valence-electron chi connectivity index (χ4n) is 1.15. The Kier molecular flexibility index (Phi) is 2.49. The van der Waals surface area contributed by atoms with Gasteiger partial charge < -0.3 is 15.6 Å². The summed E-state index contributed by atoms with van der Waals surface area (Å²) < 4.78 is 4.94. The highest BCUT2D eigenvalue weighted by Crippen LogP contribution is 2.14. The molecule has 2 heterocycles. The minimum absolute atomic E-state index is 0.441. The maximum Gasteiger partial charge on any atom is 0.245 e. The highest BCUT2D eigenvalue weighted by Gasteiger charge is 2.03. The lowest BCUT2D eigenvalue weighted by Crippen LogP contribution is -2.03. The Balaban J connectivity index is 2.02. The van der Waals surface area contributed by atoms with Gasteiger partial charge in [-0.3, -0.25) is 0 Å². The first-order valence-corrected chi connectivity index (χ1v) is 4.49. The molecular formula is C9H11N5O. The smallest absolute Gasteiger partial charge is 0.245 e. The first-order chi connectivity index (χ1) is 7.25. The number of pyridine rings is 1. The molecule has 0 aliphatic heterocycles. The monoisotopic (exact) mass is 205 g/mol. The number of rotatable bonds is 3. The van der Waals surface area contributed by atoms with Gasteiger partial charge in [0, 0.05) is 6.20 Å². The quantitative estimate of drug-likeness (QED) is 0.775. The molecule has 2 aromatic rings. The summed E-state index contributed by atoms with van der Waals surface area (Å²) in [6.07, 6.45) is 1.64. The Hall–Kier alpha value is -2.11. The van der Waals surface area contributed by atoms with E-state index in [1.807, 2.05) is 6.07 Å². The third-order valence-corrected chi connectivity index (χ3v) is 1.84. The second kappa shape index (κ2) is 3.95. The Bertz CT molecular complexity index is 453. The largest absolute Gasteiger partial charge is 0.382 e. The van der Waals surface area contributed by atoms with Gasteiger partial charge in [-0.1, -0.05) is 5.16 Å². The molecule has 0 atom stereocenters. The van der Waals surface area contributed by atoms with Crippen molar-refractivity contribution in [1.29, 1.82) is 0 Å². The van der Waals surface area contributed by atoms with Crippen molar-refractivity contribution >= 4 is 11.5 Å². The lowest BCUT2D eigenvalue weighted by molar-refractivity contribution is 0.379. The molecule has 2 rings (SSSR count). The number of hydrogen-bond acceptors (Lipinski definition) is 6. The molecule has 2 aromatic heterocycles. The Morgan fingerprint density at radius 2 is 2.40 bits per heavy atom. The van der Waals surface area contributed by atoms with Crippen LogP contribution in [-0.4, -0.2) is 15.1 Å². The molecule has 0 amide bonds. The molecule has 6 heteroatoms. The second-order valence-corrected chi connectivity index (χ2v) is 3.03. The second-order valence-electron chi connectivity index (χ2n) is 3.03. The number of aromatic nitrogens is 3. The maximum atomic E-state index is 5.65. The van der Waals surface area contributed by atoms with Crippen molar-refractivity contribution in [3.8, 4) is 0 Å². The molecule has 0 aliphatic rings. The van der Waals surface area contributed by atoms with Crippen LogP contribution in [0.5, 0.6) is 0 Å². The minimum atomic E-state index is 0.441. The molecule has 0 fully saturated rings. The van der Waals surface area contributed by atoms with Crippen LogP contribution in [0.4, 0.5) is 11.5 Å². The van der Waals surface area contributed by atoms with Gasteiger partial charge in [0.25, 0.3) is 0 Å². The molecule has 15 heavy (non-hydrogen) atoms. The van der Waals surface area contributed by atoms with E-state index in [-0.39, 0.29) is 0 Å². The summed E-state index contributed by atoms with van der Waals surface area (Å²) in [6, 6.07) is 3.64. The average Bonchev–Trinajstić information content (AvgIpc) is 2.63. The summed E-state index contributed by atoms with van der Waals surface area (Å²) in [4.78, 5) is 8.00. The molecule has 0 unspecified atom stereocenters. The van der Waals surface area contributed by atoms with Gasteiger partial charge in [-0.05, 0) is 19.1 Å². The van der Waals surface area contributed by atoms with Crippen LogP contribution in [0.3, 0.4) is 0 Å². The number of hydrogen-bond donors (Lipinski definition) is 2. The highest BCUT2D eigenvalue weighted by atomic mass is 16.5. The molecule has 0 spiro atoms. The zero-order valence-electron chi connectivity index (χ0n) is 8.27. The van der Waals surface area contributed by atoms with Crippen molar-refractivity contribution < 1.29 is 4.52 Å². The summed E-state index contributed by atoms with van der Waals surface area (Å²) in [5.74, 6) is 1.59. The first kappa shape index (κ1) is 9.45. The van der Waals surface area contributed by atoms with Crippen LogP contribution >= 0.6 is 0 Å². The minimum Gasteiger partial charge on any atom is -0.382 e. The first-order valence-electron chi connectivity index (χ1n) is 4.49. The zero-order chi connectivity index (χ0) is 10.7. The van der Waals surface area contributed by atoms with Crippen molar-refractivity contribution in [3.05, 3.63) is 30.0 Å². The van der Waals surface area contributed by atoms with Crippen molar-refractivity contribution in [2.24, 2.45) is 0 Å². The van der Waals surface area contributed by atoms with E-state index in [1.165, 1.54) is 0 Å². The molecule has 0 aliphatic carbocycles. The van der Waals surface area contributed by atoms with Gasteiger partial charge in [-0.15, -0.1) is 0 Å². The summed E-state index contributed by atoms with van der Waals surface area (Å²) in [7, 11) is 0. The van der Waals surface area contributed by atoms with Crippen molar-refractivity contribution in [2.75, 3.05) is 11.1 Å². The van der Waals surface area contributed by atoms with Crippen molar-refractivity contribution in [2.45, 2.75) is 13.5 Å². The molecule has 0 radical (unpaired) electrons. The molecule has 0 saturated carbocycles. The predicted octanol–water partition coefficient (Wildman–Crippen LogP) is 0.967. The lowest BCUT2D eigenvalue weighted by Gasteiger charge is -2.04. The van der Waals surface area contributed by atoms with E-state index in [1.54, 1.807) is 19.2 Å². The molecule has 0 saturated heterocycles. The summed E-state index contributed by atoms with van der Waals surface area (Å²) in [6.45, 7) is 2.21. The van der Waals surface area contributed by atoms with E-state index < -0.39 is 0 Å². The van der Waals surface area contributed by atoms with Crippen LogP contribution in [0.25, 0.3) is 0 Å². The van der Waals surface area contributed by atoms with Crippen LogP contribution in [0.1, 0.15) is 11.7 Å². The van der Waals surface area contributed by atoms with E-state index in [4.69, 9.17) is 10.3 Å². The third-order valence-electron chi connectivity index (χ3n) is 1.84. The van der Waals surface area contributed by atoms with Crippen molar-refractivity contribution in [3.63, 3.8) is 0 Å². The maximum absolute atomic E-state index is 5.65. The van der Waals surface area contributed by atoms with E-state index in [0.717, 1.165) is 5.69 Å². The number of anilines is 2. The van der Waals surface area contributed by atoms with Crippen molar-refractivity contribution in [1.82, 2.24) is 15.1 Å². The Labute approximate surface area is 86.5 Å². The number of nitrogens with one attached hydrogen (secondary N) is 1. The zero-order valence-corrected chi connectivity index (χ0v) is 8.27. The van der Waals surface area contributed by atoms with Gasteiger partial charge in [-0.2, -0.15) is 4.98 Å². The van der Waals surface area contributed by atoms with Gasteiger partial charge in [0.15, 0.2) is 5.82 Å². The number of nitrogens with zero attached hydrogens (tertiary/aromatic N) is 3.